The van der Waals surface area contributed by atoms with Gasteiger partial charge in [0.25, 0.3) is 17.7 Å². The van der Waals surface area contributed by atoms with Gasteiger partial charge in [-0.2, -0.15) is 0 Å². The molecule has 0 aliphatic carbocycles. The van der Waals surface area contributed by atoms with E-state index < -0.39 is 24.4 Å². The summed E-state index contributed by atoms with van der Waals surface area (Å²) in [5.41, 5.74) is 0.749. The molecule has 1 fully saturated rings. The van der Waals surface area contributed by atoms with Crippen LogP contribution < -0.4 is 4.90 Å². The van der Waals surface area contributed by atoms with E-state index in [-0.39, 0.29) is 34.8 Å². The van der Waals surface area contributed by atoms with E-state index in [1.54, 1.807) is 29.2 Å². The summed E-state index contributed by atoms with van der Waals surface area (Å²) in [6, 6.07) is 10.4. The first-order chi connectivity index (χ1) is 15.2. The summed E-state index contributed by atoms with van der Waals surface area (Å²) >= 11 is 5.88. The van der Waals surface area contributed by atoms with Crippen LogP contribution in [0.25, 0.3) is 0 Å². The zero-order chi connectivity index (χ0) is 23.0. The summed E-state index contributed by atoms with van der Waals surface area (Å²) in [6.07, 6.45) is -0.190. The van der Waals surface area contributed by atoms with E-state index in [2.05, 4.69) is 0 Å². The van der Waals surface area contributed by atoms with Crippen LogP contribution in [0.15, 0.2) is 42.5 Å². The maximum atomic E-state index is 12.8. The molecule has 0 aromatic heterocycles. The molecule has 0 spiro atoms. The minimum atomic E-state index is -0.749. The van der Waals surface area contributed by atoms with Crippen LogP contribution in [0.4, 0.5) is 5.69 Å². The van der Waals surface area contributed by atoms with Crippen LogP contribution in [0.3, 0.4) is 0 Å². The van der Waals surface area contributed by atoms with Crippen molar-refractivity contribution in [2.75, 3.05) is 24.6 Å². The van der Waals surface area contributed by atoms with Gasteiger partial charge in [0.2, 0.25) is 0 Å². The number of anilines is 1. The van der Waals surface area contributed by atoms with Crippen LogP contribution in [-0.2, 0) is 14.3 Å². The molecule has 3 amide bonds. The largest absolute Gasteiger partial charge is 0.452 e. The predicted octanol–water partition coefficient (Wildman–Crippen LogP) is 2.93. The minimum Gasteiger partial charge on any atom is -0.452 e. The monoisotopic (exact) mass is 456 g/mol. The van der Waals surface area contributed by atoms with Gasteiger partial charge in [-0.05, 0) is 56.3 Å². The Morgan fingerprint density at radius 1 is 1.00 bits per heavy atom. The van der Waals surface area contributed by atoms with E-state index in [4.69, 9.17) is 21.1 Å². The summed E-state index contributed by atoms with van der Waals surface area (Å²) < 4.78 is 10.8. The number of ether oxygens (including phenoxy) is 2. The molecule has 166 valence electrons. The molecule has 1 saturated heterocycles. The molecule has 0 saturated carbocycles. The topological polar surface area (TPSA) is 93.2 Å². The number of nitrogens with zero attached hydrogens (tertiary/aromatic N) is 2. The molecule has 2 atom stereocenters. The van der Waals surface area contributed by atoms with Gasteiger partial charge in [-0.3, -0.25) is 14.4 Å². The van der Waals surface area contributed by atoms with E-state index >= 15 is 0 Å². The quantitative estimate of drug-likeness (QED) is 0.518. The highest BCUT2D eigenvalue weighted by molar-refractivity contribution is 6.35. The van der Waals surface area contributed by atoms with Crippen LogP contribution in [-0.4, -0.2) is 60.5 Å². The number of hydrogen-bond donors (Lipinski definition) is 0. The SMILES string of the molecule is C[C@H]1CN(C(=O)COC(=O)c2ccc3c(c2)C(=O)N(c2ccc(Cl)cc2)C3=O)C[C@H](C)O1. The second kappa shape index (κ2) is 8.72. The molecule has 0 radical (unpaired) electrons. The summed E-state index contributed by atoms with van der Waals surface area (Å²) in [4.78, 5) is 53.1. The molecule has 0 bridgehead atoms. The zero-order valence-corrected chi connectivity index (χ0v) is 18.3. The third-order valence-corrected chi connectivity index (χ3v) is 5.56. The standard InChI is InChI=1S/C23H21ClN2O6/c1-13-10-25(11-14(2)32-13)20(27)12-31-23(30)15-3-8-18-19(9-15)22(29)26(21(18)28)17-6-4-16(24)5-7-17/h3-9,13-14H,10-12H2,1-2H3/t13-,14-/m0/s1. The van der Waals surface area contributed by atoms with Crippen molar-refractivity contribution in [3.8, 4) is 0 Å². The molecule has 0 unspecified atom stereocenters. The molecule has 2 aliphatic heterocycles. The Hall–Kier alpha value is -3.23. The number of amides is 3. The van der Waals surface area contributed by atoms with Crippen LogP contribution >= 0.6 is 11.6 Å². The van der Waals surface area contributed by atoms with Crippen molar-refractivity contribution in [2.24, 2.45) is 0 Å². The maximum Gasteiger partial charge on any atom is 0.338 e. The number of halogens is 1. The minimum absolute atomic E-state index is 0.0827. The maximum absolute atomic E-state index is 12.8. The van der Waals surface area contributed by atoms with Crippen molar-refractivity contribution in [3.05, 3.63) is 64.2 Å². The first-order valence-corrected chi connectivity index (χ1v) is 10.5. The Kier molecular flexibility index (Phi) is 5.99. The number of carbonyl (C=O) groups excluding carboxylic acids is 4. The molecule has 2 aromatic carbocycles. The van der Waals surface area contributed by atoms with Crippen molar-refractivity contribution in [3.63, 3.8) is 0 Å². The highest BCUT2D eigenvalue weighted by atomic mass is 35.5. The highest BCUT2D eigenvalue weighted by Gasteiger charge is 2.37. The fraction of sp³-hybridized carbons (Fsp3) is 0.304. The Labute approximate surface area is 189 Å². The van der Waals surface area contributed by atoms with Gasteiger partial charge in [0, 0.05) is 18.1 Å². The Morgan fingerprint density at radius 3 is 2.28 bits per heavy atom. The van der Waals surface area contributed by atoms with Crippen molar-refractivity contribution in [2.45, 2.75) is 26.1 Å². The molecule has 2 aliphatic rings. The fourth-order valence-electron chi connectivity index (χ4n) is 3.88. The van der Waals surface area contributed by atoms with E-state index in [1.807, 2.05) is 13.8 Å². The van der Waals surface area contributed by atoms with Crippen molar-refractivity contribution >= 4 is 41.0 Å². The van der Waals surface area contributed by atoms with Gasteiger partial charge in [-0.25, -0.2) is 9.69 Å². The molecule has 2 heterocycles. The third kappa shape index (κ3) is 4.24. The van der Waals surface area contributed by atoms with Gasteiger partial charge in [-0.15, -0.1) is 0 Å². The lowest BCUT2D eigenvalue weighted by Gasteiger charge is -2.35. The number of hydrogen-bond acceptors (Lipinski definition) is 6. The average Bonchev–Trinajstić information content (AvgIpc) is 3.01. The predicted molar refractivity (Wildman–Crippen MR) is 116 cm³/mol. The average molecular weight is 457 g/mol. The Balaban J connectivity index is 1.45. The van der Waals surface area contributed by atoms with Crippen molar-refractivity contribution < 1.29 is 28.7 Å². The summed E-state index contributed by atoms with van der Waals surface area (Å²) in [5.74, 6) is -2.10. The number of carbonyl (C=O) groups is 4. The lowest BCUT2D eigenvalue weighted by molar-refractivity contribution is -0.146. The van der Waals surface area contributed by atoms with E-state index in [9.17, 15) is 19.2 Å². The Morgan fingerprint density at radius 2 is 1.62 bits per heavy atom. The van der Waals surface area contributed by atoms with E-state index in [0.717, 1.165) is 4.90 Å². The van der Waals surface area contributed by atoms with Crippen molar-refractivity contribution in [1.82, 2.24) is 4.90 Å². The number of imide groups is 1. The number of benzene rings is 2. The van der Waals surface area contributed by atoms with Crippen LogP contribution in [0, 0.1) is 0 Å². The van der Waals surface area contributed by atoms with Crippen molar-refractivity contribution in [1.29, 1.82) is 0 Å². The highest BCUT2D eigenvalue weighted by Crippen LogP contribution is 2.30. The van der Waals surface area contributed by atoms with Gasteiger partial charge in [0.15, 0.2) is 6.61 Å². The summed E-state index contributed by atoms with van der Waals surface area (Å²) in [5, 5.41) is 0.478. The number of morpholine rings is 1. The lowest BCUT2D eigenvalue weighted by atomic mass is 10.1. The Bertz CT molecular complexity index is 1090. The van der Waals surface area contributed by atoms with Gasteiger partial charge in [0.05, 0.1) is 34.6 Å². The normalized spacial score (nSPS) is 20.3. The molecule has 9 heteroatoms. The molecule has 4 rings (SSSR count). The van der Waals surface area contributed by atoms with Crippen LogP contribution in [0.1, 0.15) is 44.9 Å². The smallest absolute Gasteiger partial charge is 0.338 e. The molecular formula is C23H21ClN2O6. The second-order valence-electron chi connectivity index (χ2n) is 7.81. The van der Waals surface area contributed by atoms with Gasteiger partial charge < -0.3 is 14.4 Å². The lowest BCUT2D eigenvalue weighted by Crippen LogP contribution is -2.49. The number of rotatable bonds is 4. The van der Waals surface area contributed by atoms with Crippen LogP contribution in [0.5, 0.6) is 0 Å². The summed E-state index contributed by atoms with van der Waals surface area (Å²) in [7, 11) is 0. The van der Waals surface area contributed by atoms with E-state index in [0.29, 0.717) is 23.8 Å². The molecular weight excluding hydrogens is 436 g/mol. The fourth-order valence-corrected chi connectivity index (χ4v) is 4.00. The molecule has 8 nitrogen and oxygen atoms in total. The first-order valence-electron chi connectivity index (χ1n) is 10.1. The number of esters is 1. The van der Waals surface area contributed by atoms with Gasteiger partial charge >= 0.3 is 5.97 Å². The van der Waals surface area contributed by atoms with Gasteiger partial charge in [-0.1, -0.05) is 11.6 Å². The third-order valence-electron chi connectivity index (χ3n) is 5.31. The van der Waals surface area contributed by atoms with E-state index in [1.165, 1.54) is 18.2 Å². The zero-order valence-electron chi connectivity index (χ0n) is 17.5. The molecule has 32 heavy (non-hydrogen) atoms. The van der Waals surface area contributed by atoms with Gasteiger partial charge in [0.1, 0.15) is 0 Å². The first kappa shape index (κ1) is 22.0. The number of fused-ring (bicyclic) bond motifs is 1. The van der Waals surface area contributed by atoms with Crippen LogP contribution in [0.2, 0.25) is 5.02 Å². The molecule has 0 N–H and O–H groups in total. The molecule has 2 aromatic rings. The summed E-state index contributed by atoms with van der Waals surface area (Å²) in [6.45, 7) is 4.18. The second-order valence-corrected chi connectivity index (χ2v) is 8.25.